The van der Waals surface area contributed by atoms with Crippen LogP contribution in [0.3, 0.4) is 0 Å². The van der Waals surface area contributed by atoms with Gasteiger partial charge in [0.25, 0.3) is 0 Å². The smallest absolute Gasteiger partial charge is 0.326 e. The first-order valence-electron chi connectivity index (χ1n) is 9.31. The molecule has 164 valence electrons. The molecule has 0 spiro atoms. The topological polar surface area (TPSA) is 205 Å². The largest absolute Gasteiger partial charge is 0.480 e. The number of hydrogen-bond donors (Lipinski definition) is 6. The van der Waals surface area contributed by atoms with Crippen LogP contribution in [0, 0.1) is 0 Å². The van der Waals surface area contributed by atoms with Crippen molar-refractivity contribution >= 4 is 29.6 Å². The zero-order valence-corrected chi connectivity index (χ0v) is 16.5. The lowest BCUT2D eigenvalue weighted by atomic mass is 10.1. The molecular weight excluding hydrogens is 386 g/mol. The Balaban J connectivity index is 2.85. The number of hydrogen-bond acceptors (Lipinski definition) is 7. The Labute approximate surface area is 168 Å². The van der Waals surface area contributed by atoms with E-state index in [1.54, 1.807) is 0 Å². The van der Waals surface area contributed by atoms with Gasteiger partial charge in [-0.1, -0.05) is 0 Å². The Bertz CT molecular complexity index is 654. The molecule has 0 radical (unpaired) electrons. The van der Waals surface area contributed by atoms with Crippen LogP contribution in [-0.2, 0) is 24.0 Å². The van der Waals surface area contributed by atoms with Crippen LogP contribution >= 0.6 is 0 Å². The minimum atomic E-state index is -1.24. The summed E-state index contributed by atoms with van der Waals surface area (Å²) in [6.07, 6.45) is -0.644. The first-order valence-corrected chi connectivity index (χ1v) is 9.31. The monoisotopic (exact) mass is 415 g/mol. The van der Waals surface area contributed by atoms with Gasteiger partial charge >= 0.3 is 5.97 Å². The van der Waals surface area contributed by atoms with Gasteiger partial charge in [0, 0.05) is 13.0 Å². The van der Waals surface area contributed by atoms with Gasteiger partial charge in [-0.2, -0.15) is 0 Å². The van der Waals surface area contributed by atoms with Crippen molar-refractivity contribution in [2.45, 2.75) is 69.8 Å². The average Bonchev–Trinajstić information content (AvgIpc) is 3.13. The van der Waals surface area contributed by atoms with E-state index in [4.69, 9.17) is 11.5 Å². The van der Waals surface area contributed by atoms with Gasteiger partial charge in [0.2, 0.25) is 23.6 Å². The Morgan fingerprint density at radius 2 is 1.76 bits per heavy atom. The number of nitrogens with one attached hydrogen (secondary N) is 2. The van der Waals surface area contributed by atoms with E-state index in [0.29, 0.717) is 12.8 Å². The zero-order chi connectivity index (χ0) is 22.3. The van der Waals surface area contributed by atoms with Crippen LogP contribution in [0.1, 0.15) is 39.5 Å². The maximum Gasteiger partial charge on any atom is 0.326 e. The molecule has 0 aliphatic carbocycles. The molecule has 0 aromatic rings. The number of rotatable bonds is 10. The number of carboxylic acids is 1. The SMILES string of the molecule is CC(NC(=O)C(N)C(C)O)C(=O)NC(CCC(N)=O)C(=O)N1CCCC1C(=O)O. The average molecular weight is 415 g/mol. The van der Waals surface area contributed by atoms with Crippen molar-refractivity contribution in [3.05, 3.63) is 0 Å². The molecule has 5 atom stereocenters. The molecule has 1 fully saturated rings. The van der Waals surface area contributed by atoms with Crippen molar-refractivity contribution in [2.24, 2.45) is 11.5 Å². The van der Waals surface area contributed by atoms with Crippen molar-refractivity contribution < 1.29 is 34.2 Å². The maximum atomic E-state index is 12.8. The molecular formula is C17H29N5O7. The van der Waals surface area contributed by atoms with E-state index >= 15 is 0 Å². The van der Waals surface area contributed by atoms with Gasteiger partial charge in [-0.25, -0.2) is 4.79 Å². The van der Waals surface area contributed by atoms with Crippen molar-refractivity contribution in [1.82, 2.24) is 15.5 Å². The lowest BCUT2D eigenvalue weighted by Gasteiger charge is -2.28. The van der Waals surface area contributed by atoms with E-state index in [1.165, 1.54) is 13.8 Å². The molecule has 0 aromatic heterocycles. The third-order valence-corrected chi connectivity index (χ3v) is 4.69. The highest BCUT2D eigenvalue weighted by Crippen LogP contribution is 2.19. The van der Waals surface area contributed by atoms with Crippen LogP contribution in [0.5, 0.6) is 0 Å². The fourth-order valence-corrected chi connectivity index (χ4v) is 2.92. The summed E-state index contributed by atoms with van der Waals surface area (Å²) in [5.41, 5.74) is 10.6. The fourth-order valence-electron chi connectivity index (χ4n) is 2.92. The zero-order valence-electron chi connectivity index (χ0n) is 16.5. The summed E-state index contributed by atoms with van der Waals surface area (Å²) in [5, 5.41) is 23.4. The normalized spacial score (nSPS) is 20.3. The lowest BCUT2D eigenvalue weighted by molar-refractivity contribution is -0.149. The second kappa shape index (κ2) is 10.7. The van der Waals surface area contributed by atoms with Gasteiger partial charge < -0.3 is 37.2 Å². The molecule has 1 rings (SSSR count). The minimum absolute atomic E-state index is 0.114. The van der Waals surface area contributed by atoms with E-state index in [9.17, 15) is 34.2 Å². The molecule has 0 aromatic carbocycles. The first-order chi connectivity index (χ1) is 13.5. The fraction of sp³-hybridized carbons (Fsp3) is 0.706. The van der Waals surface area contributed by atoms with Crippen LogP contribution in [-0.4, -0.2) is 81.5 Å². The van der Waals surface area contributed by atoms with Crippen molar-refractivity contribution in [2.75, 3.05) is 6.54 Å². The Kier molecular flexibility index (Phi) is 8.98. The highest BCUT2D eigenvalue weighted by molar-refractivity contribution is 5.94. The van der Waals surface area contributed by atoms with Gasteiger partial charge in [0.15, 0.2) is 0 Å². The number of carbonyl (C=O) groups excluding carboxylic acids is 4. The standard InChI is InChI=1S/C17H29N5O7/c1-8(20-15(26)13(19)9(2)23)14(25)21-10(5-6-12(18)24)16(27)22-7-3-4-11(22)17(28)29/h8-11,13,23H,3-7,19H2,1-2H3,(H2,18,24)(H,20,26)(H,21,25)(H,28,29). The molecule has 1 aliphatic heterocycles. The first kappa shape index (κ1) is 24.3. The van der Waals surface area contributed by atoms with Crippen LogP contribution < -0.4 is 22.1 Å². The van der Waals surface area contributed by atoms with Crippen LogP contribution in [0.25, 0.3) is 0 Å². The molecule has 8 N–H and O–H groups in total. The summed E-state index contributed by atoms with van der Waals surface area (Å²) in [4.78, 5) is 60.7. The molecule has 5 unspecified atom stereocenters. The molecule has 1 saturated heterocycles. The number of carbonyl (C=O) groups is 5. The van der Waals surface area contributed by atoms with Crippen molar-refractivity contribution in [3.63, 3.8) is 0 Å². The van der Waals surface area contributed by atoms with Crippen molar-refractivity contribution in [1.29, 1.82) is 0 Å². The molecule has 29 heavy (non-hydrogen) atoms. The van der Waals surface area contributed by atoms with Crippen molar-refractivity contribution in [3.8, 4) is 0 Å². The highest BCUT2D eigenvalue weighted by Gasteiger charge is 2.38. The minimum Gasteiger partial charge on any atom is -0.480 e. The summed E-state index contributed by atoms with van der Waals surface area (Å²) in [7, 11) is 0. The number of nitrogens with two attached hydrogens (primary N) is 2. The molecule has 1 heterocycles. The van der Waals surface area contributed by atoms with Gasteiger partial charge in [0.1, 0.15) is 24.2 Å². The summed E-state index contributed by atoms with van der Waals surface area (Å²) < 4.78 is 0. The van der Waals surface area contributed by atoms with Crippen LogP contribution in [0.15, 0.2) is 0 Å². The molecule has 0 bridgehead atoms. The van der Waals surface area contributed by atoms with Gasteiger partial charge in [0.05, 0.1) is 6.10 Å². The summed E-state index contributed by atoms with van der Waals surface area (Å²) >= 11 is 0. The number of nitrogens with zero attached hydrogens (tertiary/aromatic N) is 1. The van der Waals surface area contributed by atoms with E-state index in [-0.39, 0.29) is 19.4 Å². The number of carboxylic acid groups (broad SMARTS) is 1. The Hall–Kier alpha value is -2.73. The van der Waals surface area contributed by atoms with E-state index in [1.807, 2.05) is 0 Å². The number of amides is 4. The molecule has 12 heteroatoms. The summed E-state index contributed by atoms with van der Waals surface area (Å²) in [5.74, 6) is -3.96. The quantitative estimate of drug-likeness (QED) is 0.217. The summed E-state index contributed by atoms with van der Waals surface area (Å²) in [6, 6.07) is -4.51. The summed E-state index contributed by atoms with van der Waals surface area (Å²) in [6.45, 7) is 2.89. The van der Waals surface area contributed by atoms with E-state index in [2.05, 4.69) is 10.6 Å². The second-order valence-electron chi connectivity index (χ2n) is 7.09. The maximum absolute atomic E-state index is 12.8. The van der Waals surface area contributed by atoms with Crippen LogP contribution in [0.2, 0.25) is 0 Å². The predicted molar refractivity (Wildman–Crippen MR) is 100.0 cm³/mol. The van der Waals surface area contributed by atoms with E-state index < -0.39 is 59.9 Å². The van der Waals surface area contributed by atoms with Gasteiger partial charge in [-0.15, -0.1) is 0 Å². The lowest BCUT2D eigenvalue weighted by Crippen LogP contribution is -2.57. The second-order valence-corrected chi connectivity index (χ2v) is 7.09. The Morgan fingerprint density at radius 3 is 2.28 bits per heavy atom. The highest BCUT2D eigenvalue weighted by atomic mass is 16.4. The number of aliphatic carboxylic acids is 1. The molecule has 0 saturated carbocycles. The Morgan fingerprint density at radius 1 is 1.14 bits per heavy atom. The third-order valence-electron chi connectivity index (χ3n) is 4.69. The molecule has 4 amide bonds. The molecule has 1 aliphatic rings. The van der Waals surface area contributed by atoms with Gasteiger partial charge in [-0.05, 0) is 33.1 Å². The van der Waals surface area contributed by atoms with Crippen LogP contribution in [0.4, 0.5) is 0 Å². The number of primary amides is 1. The number of likely N-dealkylation sites (tertiary alicyclic amines) is 1. The number of aliphatic hydroxyl groups is 1. The third kappa shape index (κ3) is 6.98. The van der Waals surface area contributed by atoms with E-state index in [0.717, 1.165) is 4.90 Å². The predicted octanol–water partition coefficient (Wildman–Crippen LogP) is -2.97. The van der Waals surface area contributed by atoms with Gasteiger partial charge in [-0.3, -0.25) is 19.2 Å². The number of aliphatic hydroxyl groups excluding tert-OH is 1. The molecule has 12 nitrogen and oxygen atoms in total.